The molecule has 2 fully saturated rings. The Labute approximate surface area is 73.9 Å². The Bertz CT molecular complexity index is 112. The van der Waals surface area contributed by atoms with Crippen molar-refractivity contribution >= 4 is 0 Å². The molecule has 0 aromatic heterocycles. The Kier molecular flexibility index (Phi) is 2.98. The predicted molar refractivity (Wildman–Crippen MR) is 47.2 cm³/mol. The lowest BCUT2D eigenvalue weighted by Gasteiger charge is -2.33. The van der Waals surface area contributed by atoms with Gasteiger partial charge in [-0.05, 0) is 18.8 Å². The molecule has 2 heterocycles. The summed E-state index contributed by atoms with van der Waals surface area (Å²) in [6.07, 6.45) is 2.50. The maximum Gasteiger partial charge on any atom is 0.0622 e. The van der Waals surface area contributed by atoms with E-state index in [1.165, 1.54) is 12.8 Å². The molecule has 1 unspecified atom stereocenters. The van der Waals surface area contributed by atoms with Gasteiger partial charge in [0.1, 0.15) is 0 Å². The number of hydrogen-bond acceptors (Lipinski definition) is 2. The molecule has 2 saturated heterocycles. The first-order chi connectivity index (χ1) is 5.97. The predicted octanol–water partition coefficient (Wildman–Crippen LogP) is -0.0108. The van der Waals surface area contributed by atoms with Gasteiger partial charge in [-0.3, -0.25) is 0 Å². The van der Waals surface area contributed by atoms with E-state index in [0.717, 1.165) is 38.8 Å². The molecule has 0 spiro atoms. The molecular formula is C9H17N2O. The number of morpholine rings is 1. The zero-order chi connectivity index (χ0) is 8.23. The van der Waals surface area contributed by atoms with E-state index in [2.05, 4.69) is 10.6 Å². The van der Waals surface area contributed by atoms with Crippen molar-refractivity contribution in [2.75, 3.05) is 32.8 Å². The number of piperidine rings is 1. The summed E-state index contributed by atoms with van der Waals surface area (Å²) < 4.78 is 5.44. The third-order valence-corrected chi connectivity index (χ3v) is 2.84. The maximum atomic E-state index is 5.44. The molecule has 1 N–H and O–H groups in total. The van der Waals surface area contributed by atoms with Crippen LogP contribution in [-0.2, 0) is 4.74 Å². The van der Waals surface area contributed by atoms with E-state index < -0.39 is 0 Å². The molecule has 12 heavy (non-hydrogen) atoms. The quantitative estimate of drug-likeness (QED) is 0.599. The summed E-state index contributed by atoms with van der Waals surface area (Å²) in [7, 11) is 0. The SMILES string of the molecule is C1CC(C2COCCN2)CC[N]1. The van der Waals surface area contributed by atoms with Crippen LogP contribution >= 0.6 is 0 Å². The first-order valence-electron chi connectivity index (χ1n) is 4.91. The Morgan fingerprint density at radius 1 is 1.25 bits per heavy atom. The molecule has 2 rings (SSSR count). The number of ether oxygens (including phenoxy) is 1. The first-order valence-corrected chi connectivity index (χ1v) is 4.91. The van der Waals surface area contributed by atoms with Crippen LogP contribution in [0.1, 0.15) is 12.8 Å². The van der Waals surface area contributed by atoms with Crippen LogP contribution in [0.15, 0.2) is 0 Å². The monoisotopic (exact) mass is 169 g/mol. The molecule has 0 aromatic carbocycles. The number of hydrogen-bond donors (Lipinski definition) is 1. The van der Waals surface area contributed by atoms with Crippen LogP contribution in [-0.4, -0.2) is 38.9 Å². The second kappa shape index (κ2) is 4.21. The van der Waals surface area contributed by atoms with Gasteiger partial charge in [0.05, 0.1) is 13.2 Å². The first kappa shape index (κ1) is 8.48. The molecule has 0 aliphatic carbocycles. The minimum absolute atomic E-state index is 0.606. The molecule has 3 heteroatoms. The summed E-state index contributed by atoms with van der Waals surface area (Å²) >= 11 is 0. The topological polar surface area (TPSA) is 35.4 Å². The van der Waals surface area contributed by atoms with Gasteiger partial charge in [0.15, 0.2) is 0 Å². The number of rotatable bonds is 1. The van der Waals surface area contributed by atoms with Crippen molar-refractivity contribution in [2.45, 2.75) is 18.9 Å². The third-order valence-electron chi connectivity index (χ3n) is 2.84. The Morgan fingerprint density at radius 3 is 2.75 bits per heavy atom. The van der Waals surface area contributed by atoms with Crippen LogP contribution in [0.2, 0.25) is 0 Å². The van der Waals surface area contributed by atoms with Crippen molar-refractivity contribution in [3.8, 4) is 0 Å². The van der Waals surface area contributed by atoms with Crippen LogP contribution in [0.4, 0.5) is 0 Å². The summed E-state index contributed by atoms with van der Waals surface area (Å²) in [6.45, 7) is 4.93. The minimum atomic E-state index is 0.606. The number of nitrogens with one attached hydrogen (secondary N) is 1. The van der Waals surface area contributed by atoms with Gasteiger partial charge in [0, 0.05) is 25.7 Å². The van der Waals surface area contributed by atoms with Crippen LogP contribution in [0.5, 0.6) is 0 Å². The van der Waals surface area contributed by atoms with Crippen molar-refractivity contribution in [1.29, 1.82) is 0 Å². The van der Waals surface area contributed by atoms with Crippen molar-refractivity contribution in [1.82, 2.24) is 10.6 Å². The molecule has 0 saturated carbocycles. The van der Waals surface area contributed by atoms with Gasteiger partial charge in [-0.2, -0.15) is 0 Å². The van der Waals surface area contributed by atoms with Crippen molar-refractivity contribution in [3.63, 3.8) is 0 Å². The molecule has 0 amide bonds. The smallest absolute Gasteiger partial charge is 0.0622 e. The maximum absolute atomic E-state index is 5.44. The Hall–Kier alpha value is -0.120. The van der Waals surface area contributed by atoms with Crippen LogP contribution in [0.25, 0.3) is 0 Å². The van der Waals surface area contributed by atoms with Crippen molar-refractivity contribution in [3.05, 3.63) is 0 Å². The molecule has 2 aliphatic heterocycles. The minimum Gasteiger partial charge on any atom is -0.379 e. The highest BCUT2D eigenvalue weighted by atomic mass is 16.5. The molecule has 0 bridgehead atoms. The zero-order valence-corrected chi connectivity index (χ0v) is 7.46. The average Bonchev–Trinajstić information content (AvgIpc) is 2.21. The lowest BCUT2D eigenvalue weighted by molar-refractivity contribution is 0.0502. The van der Waals surface area contributed by atoms with E-state index in [0.29, 0.717) is 6.04 Å². The van der Waals surface area contributed by atoms with Crippen molar-refractivity contribution in [2.24, 2.45) is 5.92 Å². The van der Waals surface area contributed by atoms with Gasteiger partial charge < -0.3 is 10.1 Å². The van der Waals surface area contributed by atoms with Crippen LogP contribution in [0.3, 0.4) is 0 Å². The molecule has 69 valence electrons. The van der Waals surface area contributed by atoms with E-state index in [9.17, 15) is 0 Å². The largest absolute Gasteiger partial charge is 0.379 e. The van der Waals surface area contributed by atoms with Gasteiger partial charge in [-0.15, -0.1) is 0 Å². The summed E-state index contributed by atoms with van der Waals surface area (Å²) in [6, 6.07) is 0.606. The molecule has 1 radical (unpaired) electrons. The summed E-state index contributed by atoms with van der Waals surface area (Å²) in [5.74, 6) is 0.808. The second-order valence-electron chi connectivity index (χ2n) is 3.64. The van der Waals surface area contributed by atoms with Crippen LogP contribution in [0, 0.1) is 5.92 Å². The average molecular weight is 169 g/mol. The van der Waals surface area contributed by atoms with E-state index >= 15 is 0 Å². The summed E-state index contributed by atoms with van der Waals surface area (Å²) in [5, 5.41) is 7.88. The van der Waals surface area contributed by atoms with E-state index in [1.54, 1.807) is 0 Å². The second-order valence-corrected chi connectivity index (χ2v) is 3.64. The van der Waals surface area contributed by atoms with Crippen LogP contribution < -0.4 is 10.6 Å². The Morgan fingerprint density at radius 2 is 2.08 bits per heavy atom. The fourth-order valence-corrected chi connectivity index (χ4v) is 2.06. The summed E-state index contributed by atoms with van der Waals surface area (Å²) in [4.78, 5) is 0. The highest BCUT2D eigenvalue weighted by Gasteiger charge is 2.25. The third kappa shape index (κ3) is 1.97. The van der Waals surface area contributed by atoms with E-state index in [-0.39, 0.29) is 0 Å². The molecule has 1 atom stereocenters. The molecule has 2 aliphatic rings. The van der Waals surface area contributed by atoms with Gasteiger partial charge >= 0.3 is 0 Å². The fourth-order valence-electron chi connectivity index (χ4n) is 2.06. The van der Waals surface area contributed by atoms with Gasteiger partial charge in [0.25, 0.3) is 0 Å². The fraction of sp³-hybridized carbons (Fsp3) is 1.00. The van der Waals surface area contributed by atoms with E-state index in [1.807, 2.05) is 0 Å². The van der Waals surface area contributed by atoms with Gasteiger partial charge in [-0.1, -0.05) is 0 Å². The van der Waals surface area contributed by atoms with Crippen molar-refractivity contribution < 1.29 is 4.74 Å². The lowest BCUT2D eigenvalue weighted by Crippen LogP contribution is -2.48. The summed E-state index contributed by atoms with van der Waals surface area (Å²) in [5.41, 5.74) is 0. The number of nitrogens with zero attached hydrogens (tertiary/aromatic N) is 1. The highest BCUT2D eigenvalue weighted by Crippen LogP contribution is 2.18. The zero-order valence-electron chi connectivity index (χ0n) is 7.46. The van der Waals surface area contributed by atoms with Gasteiger partial charge in [-0.25, -0.2) is 5.32 Å². The lowest BCUT2D eigenvalue weighted by atomic mass is 9.90. The molecule has 0 aromatic rings. The van der Waals surface area contributed by atoms with E-state index in [4.69, 9.17) is 4.74 Å². The molecular weight excluding hydrogens is 152 g/mol. The molecule has 3 nitrogen and oxygen atoms in total. The highest BCUT2D eigenvalue weighted by molar-refractivity contribution is 4.82. The normalized spacial score (nSPS) is 33.5. The standard InChI is InChI=1S/C9H17N2O/c1-3-10-4-2-8(1)9-7-12-6-5-11-9/h8-9,11H,1-7H2. The van der Waals surface area contributed by atoms with Gasteiger partial charge in [0.2, 0.25) is 0 Å². The Balaban J connectivity index is 1.80.